The van der Waals surface area contributed by atoms with Gasteiger partial charge in [0.05, 0.1) is 19.3 Å². The molecule has 7 nitrogen and oxygen atoms in total. The van der Waals surface area contributed by atoms with Crippen LogP contribution in [-0.2, 0) is 16.0 Å². The second-order valence-electron chi connectivity index (χ2n) is 10.5. The Morgan fingerprint density at radius 1 is 1.08 bits per heavy atom. The van der Waals surface area contributed by atoms with E-state index < -0.39 is 12.4 Å². The number of aliphatic hydroxyl groups excluding tert-OH is 1. The van der Waals surface area contributed by atoms with Crippen LogP contribution in [-0.4, -0.2) is 70.6 Å². The van der Waals surface area contributed by atoms with Crippen LogP contribution in [0.3, 0.4) is 0 Å². The first kappa shape index (κ1) is 25.2. The Morgan fingerprint density at radius 2 is 1.82 bits per heavy atom. The summed E-state index contributed by atoms with van der Waals surface area (Å²) in [5, 5.41) is 11.3. The summed E-state index contributed by atoms with van der Waals surface area (Å²) in [6.07, 6.45) is -2.53. The highest BCUT2D eigenvalue weighted by atomic mass is 19.4. The van der Waals surface area contributed by atoms with Crippen molar-refractivity contribution in [2.24, 2.45) is 0 Å². The molecule has 0 bridgehead atoms. The van der Waals surface area contributed by atoms with E-state index in [-0.39, 0.29) is 35.9 Å². The molecule has 2 aromatic carbocycles. The number of carbonyl (C=O) groups excluding carboxylic acids is 1. The van der Waals surface area contributed by atoms with E-state index in [2.05, 4.69) is 25.6 Å². The number of hydrogen-bond acceptors (Lipinski definition) is 6. The first-order chi connectivity index (χ1) is 18.2. The molecule has 0 saturated carbocycles. The first-order valence-electron chi connectivity index (χ1n) is 12.9. The highest BCUT2D eigenvalue weighted by Gasteiger charge is 2.49. The lowest BCUT2D eigenvalue weighted by Crippen LogP contribution is -2.56. The molecule has 0 unspecified atom stereocenters. The van der Waals surface area contributed by atoms with E-state index in [0.717, 1.165) is 40.7 Å². The highest BCUT2D eigenvalue weighted by Crippen LogP contribution is 2.50. The molecule has 2 N–H and O–H groups in total. The number of para-hydroxylation sites is 1. The maximum Gasteiger partial charge on any atom is 0.573 e. The van der Waals surface area contributed by atoms with Crippen LogP contribution < -0.4 is 4.74 Å². The average Bonchev–Trinajstić information content (AvgIpc) is 3.50. The van der Waals surface area contributed by atoms with Crippen LogP contribution in [0.15, 0.2) is 48.5 Å². The predicted octanol–water partition coefficient (Wildman–Crippen LogP) is 4.48. The number of nitrogens with zero attached hydrogens (tertiary/aromatic N) is 2. The quantitative estimate of drug-likeness (QED) is 0.486. The number of H-pyrrole nitrogens is 1. The van der Waals surface area contributed by atoms with Crippen LogP contribution in [0.25, 0.3) is 10.9 Å². The molecule has 5 atom stereocenters. The van der Waals surface area contributed by atoms with Crippen molar-refractivity contribution in [3.8, 4) is 5.75 Å². The van der Waals surface area contributed by atoms with Gasteiger partial charge in [-0.25, -0.2) is 0 Å². The van der Waals surface area contributed by atoms with Crippen LogP contribution in [0.2, 0.25) is 0 Å². The number of aliphatic hydroxyl groups is 1. The van der Waals surface area contributed by atoms with Crippen molar-refractivity contribution in [3.05, 3.63) is 65.4 Å². The van der Waals surface area contributed by atoms with Gasteiger partial charge >= 0.3 is 12.3 Å². The minimum Gasteiger partial charge on any atom is -0.468 e. The standard InChI is InChI=1S/C28H30F3N3O4/c1-37-27(36)25-14-21-20-4-2-3-5-22(20)32-26(21)24-13-17(33-11-10-18(35)15-33)12-23(34(24)25)16-6-8-19(9-7-16)38-28(29,30)31/h2-9,17-18,23-25,32,35H,10-15H2,1H3/t17-,18+,23-,24-,25-/m0/s1. The zero-order valence-electron chi connectivity index (χ0n) is 20.9. The SMILES string of the molecule is COC(=O)[C@@H]1Cc2c([nH]c3ccccc23)[C@@H]2C[C@@H](N3CC[C@@H](O)C3)C[C@@H](c3ccc(OC(F)(F)F)cc3)N12. The van der Waals surface area contributed by atoms with Crippen LogP contribution in [0.5, 0.6) is 5.75 Å². The zero-order chi connectivity index (χ0) is 26.6. The fourth-order valence-corrected chi connectivity index (χ4v) is 6.74. The van der Waals surface area contributed by atoms with Gasteiger partial charge in [0.15, 0.2) is 0 Å². The fourth-order valence-electron chi connectivity index (χ4n) is 6.74. The summed E-state index contributed by atoms with van der Waals surface area (Å²) in [4.78, 5) is 21.3. The number of esters is 1. The second-order valence-corrected chi connectivity index (χ2v) is 10.5. The molecule has 0 amide bonds. The van der Waals surface area contributed by atoms with Gasteiger partial charge in [-0.1, -0.05) is 30.3 Å². The lowest BCUT2D eigenvalue weighted by molar-refractivity contribution is -0.274. The molecule has 4 heterocycles. The number of halogens is 3. The van der Waals surface area contributed by atoms with Gasteiger partial charge in [0, 0.05) is 48.2 Å². The largest absolute Gasteiger partial charge is 0.573 e. The maximum atomic E-state index is 13.2. The monoisotopic (exact) mass is 529 g/mol. The number of fused-ring (bicyclic) bond motifs is 5. The van der Waals surface area contributed by atoms with Gasteiger partial charge in [-0.3, -0.25) is 14.6 Å². The summed E-state index contributed by atoms with van der Waals surface area (Å²) in [7, 11) is 1.39. The molecule has 2 fully saturated rings. The molecule has 6 rings (SSSR count). The van der Waals surface area contributed by atoms with Gasteiger partial charge in [-0.05, 0) is 48.6 Å². The Hall–Kier alpha value is -3.08. The summed E-state index contributed by atoms with van der Waals surface area (Å²) in [6, 6.07) is 13.2. The third-order valence-electron chi connectivity index (χ3n) is 8.33. The molecule has 2 saturated heterocycles. The van der Waals surface area contributed by atoms with Crippen molar-refractivity contribution in [2.75, 3.05) is 20.2 Å². The van der Waals surface area contributed by atoms with Crippen molar-refractivity contribution in [1.82, 2.24) is 14.8 Å². The van der Waals surface area contributed by atoms with Gasteiger partial charge in [0.1, 0.15) is 11.8 Å². The molecule has 202 valence electrons. The Labute approximate surface area is 218 Å². The topological polar surface area (TPSA) is 78.0 Å². The van der Waals surface area contributed by atoms with Crippen molar-refractivity contribution < 1.29 is 32.5 Å². The number of nitrogens with one attached hydrogen (secondary N) is 1. The van der Waals surface area contributed by atoms with Gasteiger partial charge in [0.25, 0.3) is 0 Å². The van der Waals surface area contributed by atoms with E-state index in [0.29, 0.717) is 25.8 Å². The molecule has 3 aliphatic heterocycles. The Balaban J connectivity index is 1.44. The number of aromatic nitrogens is 1. The molecular formula is C28H30F3N3O4. The van der Waals surface area contributed by atoms with Crippen LogP contribution in [0, 0.1) is 0 Å². The number of rotatable bonds is 4. The predicted molar refractivity (Wildman–Crippen MR) is 133 cm³/mol. The molecule has 0 radical (unpaired) electrons. The van der Waals surface area contributed by atoms with E-state index in [9.17, 15) is 23.1 Å². The number of alkyl halides is 3. The Morgan fingerprint density at radius 3 is 2.50 bits per heavy atom. The molecular weight excluding hydrogens is 499 g/mol. The van der Waals surface area contributed by atoms with E-state index in [1.165, 1.54) is 19.2 Å². The zero-order valence-corrected chi connectivity index (χ0v) is 20.9. The summed E-state index contributed by atoms with van der Waals surface area (Å²) in [6.45, 7) is 1.37. The van der Waals surface area contributed by atoms with Crippen molar-refractivity contribution >= 4 is 16.9 Å². The number of likely N-dealkylation sites (tertiary alicyclic amines) is 1. The van der Waals surface area contributed by atoms with Gasteiger partial charge < -0.3 is 19.6 Å². The van der Waals surface area contributed by atoms with Crippen LogP contribution >= 0.6 is 0 Å². The lowest BCUT2D eigenvalue weighted by Gasteiger charge is -2.52. The van der Waals surface area contributed by atoms with Crippen LogP contribution in [0.4, 0.5) is 13.2 Å². The molecule has 3 aromatic rings. The Bertz CT molecular complexity index is 1330. The second kappa shape index (κ2) is 9.59. The third-order valence-corrected chi connectivity index (χ3v) is 8.33. The van der Waals surface area contributed by atoms with Crippen molar-refractivity contribution in [3.63, 3.8) is 0 Å². The van der Waals surface area contributed by atoms with Crippen molar-refractivity contribution in [2.45, 2.75) is 62.3 Å². The van der Waals surface area contributed by atoms with Gasteiger partial charge in [-0.2, -0.15) is 0 Å². The molecule has 0 aliphatic carbocycles. The summed E-state index contributed by atoms with van der Waals surface area (Å²) < 4.78 is 47.7. The van der Waals surface area contributed by atoms with Gasteiger partial charge in [-0.15, -0.1) is 13.2 Å². The first-order valence-corrected chi connectivity index (χ1v) is 12.9. The molecule has 1 aromatic heterocycles. The highest BCUT2D eigenvalue weighted by molar-refractivity contribution is 5.87. The number of benzene rings is 2. The third kappa shape index (κ3) is 4.54. The van der Waals surface area contributed by atoms with E-state index in [4.69, 9.17) is 4.74 Å². The molecule has 10 heteroatoms. The minimum absolute atomic E-state index is 0.125. The smallest absolute Gasteiger partial charge is 0.468 e. The number of aromatic amines is 1. The minimum atomic E-state index is -4.77. The fraction of sp³-hybridized carbons (Fsp3) is 0.464. The summed E-state index contributed by atoms with van der Waals surface area (Å²) in [5.41, 5.74) is 3.99. The normalized spacial score (nSPS) is 28.2. The number of methoxy groups -OCH3 is 1. The van der Waals surface area contributed by atoms with E-state index in [1.807, 2.05) is 18.2 Å². The molecule has 3 aliphatic rings. The maximum absolute atomic E-state index is 13.2. The number of β-amino-alcohol motifs (C(OH)–C–C–N with tert-alkyl or cyclic N) is 1. The summed E-state index contributed by atoms with van der Waals surface area (Å²) >= 11 is 0. The molecule has 38 heavy (non-hydrogen) atoms. The van der Waals surface area contributed by atoms with Gasteiger partial charge in [0.2, 0.25) is 0 Å². The van der Waals surface area contributed by atoms with E-state index >= 15 is 0 Å². The summed E-state index contributed by atoms with van der Waals surface area (Å²) in [5.74, 6) is -0.614. The van der Waals surface area contributed by atoms with Crippen molar-refractivity contribution in [1.29, 1.82) is 0 Å². The number of carbonyl (C=O) groups is 1. The number of piperidine rings is 1. The van der Waals surface area contributed by atoms with Crippen LogP contribution in [0.1, 0.15) is 48.2 Å². The Kier molecular flexibility index (Phi) is 6.36. The van der Waals surface area contributed by atoms with E-state index in [1.54, 1.807) is 12.1 Å². The average molecular weight is 530 g/mol. The number of hydrogen-bond donors (Lipinski definition) is 2. The molecule has 0 spiro atoms. The number of ether oxygens (including phenoxy) is 2. The lowest BCUT2D eigenvalue weighted by atomic mass is 9.79.